The van der Waals surface area contributed by atoms with Gasteiger partial charge in [0.25, 0.3) is 0 Å². The van der Waals surface area contributed by atoms with E-state index in [2.05, 4.69) is 31.0 Å². The highest BCUT2D eigenvalue weighted by molar-refractivity contribution is 4.97. The molecule has 1 aliphatic heterocycles. The van der Waals surface area contributed by atoms with Gasteiger partial charge in [-0.3, -0.25) is 4.90 Å². The molecule has 1 saturated heterocycles. The highest BCUT2D eigenvalue weighted by Crippen LogP contribution is 2.34. The molecule has 3 heteroatoms. The van der Waals surface area contributed by atoms with E-state index in [-0.39, 0.29) is 5.54 Å². The molecule has 4 atom stereocenters. The normalized spacial score (nSPS) is 39.9. The van der Waals surface area contributed by atoms with Crippen LogP contribution in [0.5, 0.6) is 0 Å². The van der Waals surface area contributed by atoms with Crippen LogP contribution < -0.4 is 5.32 Å². The lowest BCUT2D eigenvalue weighted by atomic mass is 9.77. The van der Waals surface area contributed by atoms with Crippen LogP contribution in [-0.2, 0) is 0 Å². The summed E-state index contributed by atoms with van der Waals surface area (Å²) in [5.41, 5.74) is -0.0111. The zero-order valence-corrected chi connectivity index (χ0v) is 13.7. The Morgan fingerprint density at radius 1 is 1.25 bits per heavy atom. The first-order chi connectivity index (χ1) is 9.58. The average molecular weight is 282 g/mol. The number of nitrogens with one attached hydrogen (secondary N) is 1. The molecule has 3 nitrogen and oxygen atoms in total. The number of hydrogen-bond acceptors (Lipinski definition) is 3. The summed E-state index contributed by atoms with van der Waals surface area (Å²) in [6.07, 6.45) is 7.35. The largest absolute Gasteiger partial charge is 0.394 e. The fraction of sp³-hybridized carbons (Fsp3) is 1.00. The molecular formula is C17H34N2O. The van der Waals surface area contributed by atoms with Gasteiger partial charge in [-0.1, -0.05) is 20.8 Å². The van der Waals surface area contributed by atoms with Crippen LogP contribution in [0.15, 0.2) is 0 Å². The quantitative estimate of drug-likeness (QED) is 0.814. The van der Waals surface area contributed by atoms with Gasteiger partial charge in [0, 0.05) is 24.7 Å². The minimum Gasteiger partial charge on any atom is -0.394 e. The molecule has 0 radical (unpaired) electrons. The fourth-order valence-corrected chi connectivity index (χ4v) is 4.40. The maximum atomic E-state index is 9.91. The van der Waals surface area contributed by atoms with Gasteiger partial charge in [0.15, 0.2) is 0 Å². The smallest absolute Gasteiger partial charge is 0.0613 e. The van der Waals surface area contributed by atoms with Crippen LogP contribution in [0.2, 0.25) is 0 Å². The van der Waals surface area contributed by atoms with Crippen LogP contribution >= 0.6 is 0 Å². The number of hydrogen-bond donors (Lipinski definition) is 2. The van der Waals surface area contributed by atoms with Crippen molar-refractivity contribution >= 4 is 0 Å². The number of piperidine rings is 1. The number of likely N-dealkylation sites (tertiary alicyclic amines) is 1. The van der Waals surface area contributed by atoms with Crippen LogP contribution in [0.4, 0.5) is 0 Å². The predicted molar refractivity (Wildman–Crippen MR) is 84.9 cm³/mol. The van der Waals surface area contributed by atoms with Crippen LogP contribution in [0.3, 0.4) is 0 Å². The van der Waals surface area contributed by atoms with Crippen molar-refractivity contribution in [1.82, 2.24) is 10.2 Å². The maximum absolute atomic E-state index is 9.91. The first-order valence-electron chi connectivity index (χ1n) is 8.68. The SMILES string of the molecule is CCCNC1(CO)CCCC(N2CC(C)CC(C)C2)C1. The van der Waals surface area contributed by atoms with E-state index in [1.54, 1.807) is 0 Å². The monoisotopic (exact) mass is 282 g/mol. The van der Waals surface area contributed by atoms with E-state index in [0.29, 0.717) is 12.6 Å². The lowest BCUT2D eigenvalue weighted by Crippen LogP contribution is -2.57. The van der Waals surface area contributed by atoms with E-state index in [1.807, 2.05) is 0 Å². The Labute approximate surface area is 125 Å². The fourth-order valence-electron chi connectivity index (χ4n) is 4.40. The molecule has 0 spiro atoms. The van der Waals surface area contributed by atoms with E-state index in [9.17, 15) is 5.11 Å². The molecular weight excluding hydrogens is 248 g/mol. The van der Waals surface area contributed by atoms with Crippen LogP contribution in [0, 0.1) is 11.8 Å². The molecule has 1 aliphatic carbocycles. The van der Waals surface area contributed by atoms with E-state index < -0.39 is 0 Å². The Morgan fingerprint density at radius 2 is 1.95 bits per heavy atom. The lowest BCUT2D eigenvalue weighted by Gasteiger charge is -2.47. The van der Waals surface area contributed by atoms with Gasteiger partial charge in [0.2, 0.25) is 0 Å². The summed E-state index contributed by atoms with van der Waals surface area (Å²) in [6.45, 7) is 10.8. The third-order valence-corrected chi connectivity index (χ3v) is 5.29. The second-order valence-corrected chi connectivity index (χ2v) is 7.52. The van der Waals surface area contributed by atoms with Gasteiger partial charge in [0.1, 0.15) is 0 Å². The number of rotatable bonds is 5. The Bertz CT molecular complexity index is 287. The van der Waals surface area contributed by atoms with Crippen molar-refractivity contribution in [3.63, 3.8) is 0 Å². The van der Waals surface area contributed by atoms with Gasteiger partial charge < -0.3 is 10.4 Å². The van der Waals surface area contributed by atoms with Gasteiger partial charge >= 0.3 is 0 Å². The summed E-state index contributed by atoms with van der Waals surface area (Å²) in [7, 11) is 0. The molecule has 2 rings (SSSR count). The Hall–Kier alpha value is -0.120. The molecule has 1 saturated carbocycles. The van der Waals surface area contributed by atoms with Crippen molar-refractivity contribution in [2.75, 3.05) is 26.2 Å². The van der Waals surface area contributed by atoms with Gasteiger partial charge in [0.05, 0.1) is 6.61 Å². The summed E-state index contributed by atoms with van der Waals surface area (Å²) >= 11 is 0. The molecule has 0 aromatic rings. The third kappa shape index (κ3) is 3.96. The third-order valence-electron chi connectivity index (χ3n) is 5.29. The molecule has 0 amide bonds. The molecule has 118 valence electrons. The minimum absolute atomic E-state index is 0.0111. The zero-order chi connectivity index (χ0) is 14.6. The first-order valence-corrected chi connectivity index (χ1v) is 8.68. The molecule has 0 aromatic carbocycles. The van der Waals surface area contributed by atoms with Crippen LogP contribution in [0.25, 0.3) is 0 Å². The summed E-state index contributed by atoms with van der Waals surface area (Å²) in [5, 5.41) is 13.6. The van der Waals surface area contributed by atoms with Gasteiger partial charge in [-0.2, -0.15) is 0 Å². The Kier molecular flexibility index (Phi) is 5.88. The number of aliphatic hydroxyl groups excluding tert-OH is 1. The van der Waals surface area contributed by atoms with Crippen molar-refractivity contribution < 1.29 is 5.11 Å². The molecule has 2 aliphatic rings. The van der Waals surface area contributed by atoms with Crippen LogP contribution in [0.1, 0.15) is 59.3 Å². The molecule has 20 heavy (non-hydrogen) atoms. The van der Waals surface area contributed by atoms with Crippen molar-refractivity contribution in [2.45, 2.75) is 70.9 Å². The summed E-state index contributed by atoms with van der Waals surface area (Å²) in [5.74, 6) is 1.65. The van der Waals surface area contributed by atoms with Gasteiger partial charge in [-0.25, -0.2) is 0 Å². The lowest BCUT2D eigenvalue weighted by molar-refractivity contribution is 0.0279. The maximum Gasteiger partial charge on any atom is 0.0613 e. The van der Waals surface area contributed by atoms with Crippen molar-refractivity contribution in [3.05, 3.63) is 0 Å². The van der Waals surface area contributed by atoms with Crippen molar-refractivity contribution in [3.8, 4) is 0 Å². The second-order valence-electron chi connectivity index (χ2n) is 7.52. The van der Waals surface area contributed by atoms with Crippen molar-refractivity contribution in [1.29, 1.82) is 0 Å². The van der Waals surface area contributed by atoms with Gasteiger partial charge in [-0.05, 0) is 56.9 Å². The highest BCUT2D eigenvalue weighted by Gasteiger charge is 2.38. The highest BCUT2D eigenvalue weighted by atomic mass is 16.3. The van der Waals surface area contributed by atoms with E-state index in [4.69, 9.17) is 0 Å². The van der Waals surface area contributed by atoms with E-state index >= 15 is 0 Å². The standard InChI is InChI=1S/C17H34N2O/c1-4-8-18-17(13-20)7-5-6-16(10-17)19-11-14(2)9-15(3)12-19/h14-16,18,20H,4-13H2,1-3H3. The Balaban J connectivity index is 1.98. The summed E-state index contributed by atoms with van der Waals surface area (Å²) in [4.78, 5) is 2.72. The van der Waals surface area contributed by atoms with Crippen molar-refractivity contribution in [2.24, 2.45) is 11.8 Å². The predicted octanol–water partition coefficient (Wildman–Crippen LogP) is 2.64. The number of aliphatic hydroxyl groups is 1. The first kappa shape index (κ1) is 16.3. The second kappa shape index (κ2) is 7.24. The summed E-state index contributed by atoms with van der Waals surface area (Å²) < 4.78 is 0. The van der Waals surface area contributed by atoms with E-state index in [0.717, 1.165) is 37.6 Å². The average Bonchev–Trinajstić information content (AvgIpc) is 2.44. The topological polar surface area (TPSA) is 35.5 Å². The molecule has 0 aromatic heterocycles. The molecule has 2 fully saturated rings. The van der Waals surface area contributed by atoms with E-state index in [1.165, 1.54) is 32.4 Å². The Morgan fingerprint density at radius 3 is 2.55 bits per heavy atom. The summed E-state index contributed by atoms with van der Waals surface area (Å²) in [6, 6.07) is 0.672. The molecule has 2 N–H and O–H groups in total. The van der Waals surface area contributed by atoms with Gasteiger partial charge in [-0.15, -0.1) is 0 Å². The van der Waals surface area contributed by atoms with Crippen LogP contribution in [-0.4, -0.2) is 47.8 Å². The number of nitrogens with zero attached hydrogens (tertiary/aromatic N) is 1. The minimum atomic E-state index is -0.0111. The zero-order valence-electron chi connectivity index (χ0n) is 13.7. The molecule has 4 unspecified atom stereocenters. The molecule has 0 bridgehead atoms. The molecule has 1 heterocycles.